The molecule has 0 atom stereocenters. The van der Waals surface area contributed by atoms with Gasteiger partial charge in [-0.15, -0.1) is 0 Å². The molecule has 3 heteroatoms. The van der Waals surface area contributed by atoms with Crippen molar-refractivity contribution < 1.29 is 0 Å². The number of nitrogens with two attached hydrogens (primary N) is 1. The van der Waals surface area contributed by atoms with E-state index in [1.807, 2.05) is 5.01 Å². The summed E-state index contributed by atoms with van der Waals surface area (Å²) in [6.45, 7) is 6.62. The Morgan fingerprint density at radius 2 is 2.20 bits per heavy atom. The van der Waals surface area contributed by atoms with Crippen molar-refractivity contribution in [2.24, 2.45) is 5.84 Å². The first-order chi connectivity index (χ1) is 4.83. The summed E-state index contributed by atoms with van der Waals surface area (Å²) >= 11 is 0. The molecule has 1 heterocycles. The van der Waals surface area contributed by atoms with Gasteiger partial charge in [0.2, 0.25) is 0 Å². The average Bonchev–Trinajstić information content (AvgIpc) is 1.88. The summed E-state index contributed by atoms with van der Waals surface area (Å²) in [4.78, 5) is 2.39. The predicted molar refractivity (Wildman–Crippen MR) is 42.2 cm³/mol. The third-order valence-corrected chi connectivity index (χ3v) is 1.84. The number of hydrogen-bond donors (Lipinski definition) is 1. The van der Waals surface area contributed by atoms with E-state index >= 15 is 0 Å². The van der Waals surface area contributed by atoms with Crippen molar-refractivity contribution in [3.05, 3.63) is 0 Å². The second-order valence-corrected chi connectivity index (χ2v) is 2.93. The van der Waals surface area contributed by atoms with Gasteiger partial charge in [0.25, 0.3) is 0 Å². The average molecular weight is 143 g/mol. The highest BCUT2D eigenvalue weighted by Crippen LogP contribution is 2.01. The molecule has 0 aromatic heterocycles. The van der Waals surface area contributed by atoms with Gasteiger partial charge in [-0.25, -0.2) is 5.01 Å². The molecule has 1 aliphatic rings. The summed E-state index contributed by atoms with van der Waals surface area (Å²) < 4.78 is 0. The normalized spacial score (nSPS) is 23.4. The Hall–Kier alpha value is -0.120. The van der Waals surface area contributed by atoms with E-state index in [1.54, 1.807) is 0 Å². The van der Waals surface area contributed by atoms with E-state index in [-0.39, 0.29) is 0 Å². The molecule has 3 nitrogen and oxygen atoms in total. The van der Waals surface area contributed by atoms with Gasteiger partial charge in [0.1, 0.15) is 0 Å². The van der Waals surface area contributed by atoms with E-state index in [9.17, 15) is 0 Å². The van der Waals surface area contributed by atoms with Crippen LogP contribution in [-0.4, -0.2) is 36.2 Å². The molecule has 2 N–H and O–H groups in total. The van der Waals surface area contributed by atoms with Gasteiger partial charge in [0.15, 0.2) is 0 Å². The molecule has 60 valence electrons. The lowest BCUT2D eigenvalue weighted by molar-refractivity contribution is 0.0867. The lowest BCUT2D eigenvalue weighted by Gasteiger charge is -2.32. The first-order valence-electron chi connectivity index (χ1n) is 4.05. The third kappa shape index (κ3) is 2.25. The molecule has 0 aromatic carbocycles. The summed E-state index contributed by atoms with van der Waals surface area (Å²) in [6, 6.07) is 0. The molecule has 0 spiro atoms. The summed E-state index contributed by atoms with van der Waals surface area (Å²) in [5, 5.41) is 1.89. The van der Waals surface area contributed by atoms with E-state index in [2.05, 4.69) is 11.8 Å². The Labute approximate surface area is 62.8 Å². The smallest absolute Gasteiger partial charge is 0.0643 e. The van der Waals surface area contributed by atoms with Gasteiger partial charge in [0, 0.05) is 13.1 Å². The van der Waals surface area contributed by atoms with Crippen molar-refractivity contribution in [2.45, 2.75) is 19.8 Å². The molecule has 0 amide bonds. The molecule has 1 saturated heterocycles. The fraction of sp³-hybridized carbons (Fsp3) is 1.00. The van der Waals surface area contributed by atoms with E-state index < -0.39 is 0 Å². The zero-order chi connectivity index (χ0) is 7.40. The van der Waals surface area contributed by atoms with Crippen LogP contribution in [0.2, 0.25) is 0 Å². The Morgan fingerprint density at radius 3 is 2.80 bits per heavy atom. The van der Waals surface area contributed by atoms with Crippen LogP contribution in [-0.2, 0) is 0 Å². The maximum Gasteiger partial charge on any atom is 0.0643 e. The Kier molecular flexibility index (Phi) is 3.12. The molecule has 1 rings (SSSR count). The van der Waals surface area contributed by atoms with Crippen molar-refractivity contribution >= 4 is 0 Å². The fourth-order valence-electron chi connectivity index (χ4n) is 1.39. The summed E-state index contributed by atoms with van der Waals surface area (Å²) in [6.07, 6.45) is 2.45. The largest absolute Gasteiger partial charge is 0.289 e. The Balaban J connectivity index is 2.18. The minimum Gasteiger partial charge on any atom is -0.289 e. The first-order valence-corrected chi connectivity index (χ1v) is 4.05. The van der Waals surface area contributed by atoms with Gasteiger partial charge < -0.3 is 0 Å². The van der Waals surface area contributed by atoms with E-state index in [0.717, 1.165) is 13.2 Å². The molecule has 1 aliphatic heterocycles. The highest BCUT2D eigenvalue weighted by molar-refractivity contribution is 4.63. The first kappa shape index (κ1) is 7.98. The third-order valence-electron chi connectivity index (χ3n) is 1.84. The van der Waals surface area contributed by atoms with Crippen molar-refractivity contribution in [1.82, 2.24) is 9.91 Å². The summed E-state index contributed by atoms with van der Waals surface area (Å²) in [5.74, 6) is 5.65. The monoisotopic (exact) mass is 143 g/mol. The molecule has 0 radical (unpaired) electrons. The molecule has 0 aliphatic carbocycles. The van der Waals surface area contributed by atoms with Crippen LogP contribution in [0.25, 0.3) is 0 Å². The lowest BCUT2D eigenvalue weighted by Crippen LogP contribution is -2.48. The molecular weight excluding hydrogens is 126 g/mol. The van der Waals surface area contributed by atoms with E-state index in [0.29, 0.717) is 0 Å². The lowest BCUT2D eigenvalue weighted by atomic mass is 10.3. The van der Waals surface area contributed by atoms with Crippen LogP contribution in [0.1, 0.15) is 19.8 Å². The van der Waals surface area contributed by atoms with Crippen LogP contribution >= 0.6 is 0 Å². The quantitative estimate of drug-likeness (QED) is 0.562. The summed E-state index contributed by atoms with van der Waals surface area (Å²) in [7, 11) is 0. The maximum absolute atomic E-state index is 5.65. The van der Waals surface area contributed by atoms with Gasteiger partial charge >= 0.3 is 0 Å². The minimum absolute atomic E-state index is 0.952. The van der Waals surface area contributed by atoms with Gasteiger partial charge in [-0.2, -0.15) is 0 Å². The van der Waals surface area contributed by atoms with Crippen LogP contribution in [0.5, 0.6) is 0 Å². The second-order valence-electron chi connectivity index (χ2n) is 2.93. The predicted octanol–water partition coefficient (Wildman–Crippen LogP) is 0.235. The van der Waals surface area contributed by atoms with E-state index in [1.165, 1.54) is 25.9 Å². The molecule has 1 fully saturated rings. The van der Waals surface area contributed by atoms with Gasteiger partial charge in [-0.3, -0.25) is 10.7 Å². The molecular formula is C7H17N3. The second kappa shape index (κ2) is 3.91. The maximum atomic E-state index is 5.65. The summed E-state index contributed by atoms with van der Waals surface area (Å²) in [5.41, 5.74) is 0. The number of nitrogens with zero attached hydrogens (tertiary/aromatic N) is 2. The molecule has 0 bridgehead atoms. The molecule has 0 aromatic rings. The van der Waals surface area contributed by atoms with Gasteiger partial charge in [-0.05, 0) is 19.4 Å². The van der Waals surface area contributed by atoms with Crippen molar-refractivity contribution in [3.63, 3.8) is 0 Å². The van der Waals surface area contributed by atoms with Crippen LogP contribution < -0.4 is 5.84 Å². The Morgan fingerprint density at radius 1 is 1.40 bits per heavy atom. The van der Waals surface area contributed by atoms with Crippen LogP contribution in [0.15, 0.2) is 0 Å². The van der Waals surface area contributed by atoms with Crippen LogP contribution in [0, 0.1) is 0 Å². The number of hydrogen-bond acceptors (Lipinski definition) is 3. The van der Waals surface area contributed by atoms with Gasteiger partial charge in [0.05, 0.1) is 6.67 Å². The zero-order valence-electron chi connectivity index (χ0n) is 6.71. The van der Waals surface area contributed by atoms with Crippen LogP contribution in [0.3, 0.4) is 0 Å². The van der Waals surface area contributed by atoms with Gasteiger partial charge in [-0.1, -0.05) is 6.92 Å². The van der Waals surface area contributed by atoms with E-state index in [4.69, 9.17) is 5.84 Å². The van der Waals surface area contributed by atoms with Crippen LogP contribution in [0.4, 0.5) is 0 Å². The van der Waals surface area contributed by atoms with Crippen molar-refractivity contribution in [3.8, 4) is 0 Å². The van der Waals surface area contributed by atoms with Crippen molar-refractivity contribution in [2.75, 3.05) is 26.3 Å². The Bertz CT molecular complexity index is 92.9. The van der Waals surface area contributed by atoms with Crippen molar-refractivity contribution in [1.29, 1.82) is 0 Å². The standard InChI is InChI=1S/C7H17N3/c1-2-4-9-5-3-6-10(8)7-9/h2-8H2,1H3. The molecule has 10 heavy (non-hydrogen) atoms. The fourth-order valence-corrected chi connectivity index (χ4v) is 1.39. The topological polar surface area (TPSA) is 32.5 Å². The SMILES string of the molecule is CCCN1CCCN(N)C1. The molecule has 0 saturated carbocycles. The molecule has 0 unspecified atom stereocenters. The minimum atomic E-state index is 0.952. The highest BCUT2D eigenvalue weighted by atomic mass is 15.5. The number of rotatable bonds is 2. The zero-order valence-corrected chi connectivity index (χ0v) is 6.71. The highest BCUT2D eigenvalue weighted by Gasteiger charge is 2.12. The number of hydrazine groups is 1.